The SMILES string of the molecule is Cc1ccc2oc3c(-c4cccc(-c5ccc6c(c5)c5ccccc5n6-c5ccc(-c6c7ccccc7c(-c7ccccc7)c7ccccc67)cc5)c4)cc(C)cc3c2c1. The summed E-state index contributed by atoms with van der Waals surface area (Å²) in [5, 5.41) is 9.86. The van der Waals surface area contributed by atoms with E-state index in [9.17, 15) is 0 Å². The number of aromatic nitrogens is 1. The van der Waals surface area contributed by atoms with Gasteiger partial charge in [0.25, 0.3) is 0 Å². The fraction of sp³-hybridized carbons (Fsp3) is 0.0345. The second-order valence-electron chi connectivity index (χ2n) is 16.2. The first-order valence-corrected chi connectivity index (χ1v) is 20.7. The van der Waals surface area contributed by atoms with Crippen LogP contribution < -0.4 is 0 Å². The average Bonchev–Trinajstić information content (AvgIpc) is 3.83. The number of aryl methyl sites for hydroxylation is 2. The van der Waals surface area contributed by atoms with Crippen molar-refractivity contribution < 1.29 is 4.42 Å². The lowest BCUT2D eigenvalue weighted by Gasteiger charge is -2.18. The molecule has 2 heteroatoms. The molecule has 0 N–H and O–H groups in total. The second kappa shape index (κ2) is 13.4. The molecule has 0 saturated carbocycles. The van der Waals surface area contributed by atoms with Gasteiger partial charge in [-0.2, -0.15) is 0 Å². The van der Waals surface area contributed by atoms with Crippen LogP contribution in [-0.2, 0) is 0 Å². The third-order valence-corrected chi connectivity index (χ3v) is 12.5. The Labute approximate surface area is 348 Å². The normalized spacial score (nSPS) is 11.8. The van der Waals surface area contributed by atoms with E-state index in [2.05, 4.69) is 219 Å². The highest BCUT2D eigenvalue weighted by molar-refractivity contribution is 6.21. The molecular weight excluding hydrogens is 727 g/mol. The fourth-order valence-electron chi connectivity index (χ4n) is 9.78. The van der Waals surface area contributed by atoms with Crippen LogP contribution in [0.15, 0.2) is 205 Å². The minimum absolute atomic E-state index is 0.926. The topological polar surface area (TPSA) is 18.1 Å². The van der Waals surface area contributed by atoms with Crippen LogP contribution in [0.3, 0.4) is 0 Å². The molecule has 0 saturated heterocycles. The summed E-state index contributed by atoms with van der Waals surface area (Å²) in [5.74, 6) is 0. The standard InChI is InChI=1S/C58H39NO/c1-36-23-30-55-51(31-36)52-33-37(2)32-49(58(52)60-55)42-16-12-15-40(34-42)41-26-29-54-50(35-41)44-17-10-11-22-53(44)59(54)43-27-24-39(25-28-43)57-47-20-8-6-18-45(47)56(38-13-4-3-5-14-38)46-19-7-9-21-48(46)57/h3-35H,1-2H3. The van der Waals surface area contributed by atoms with Gasteiger partial charge in [0.2, 0.25) is 0 Å². The summed E-state index contributed by atoms with van der Waals surface area (Å²) in [4.78, 5) is 0. The van der Waals surface area contributed by atoms with Crippen LogP contribution in [0.2, 0.25) is 0 Å². The van der Waals surface area contributed by atoms with Gasteiger partial charge in [0.15, 0.2) is 0 Å². The summed E-state index contributed by atoms with van der Waals surface area (Å²) >= 11 is 0. The van der Waals surface area contributed by atoms with E-state index in [0.29, 0.717) is 0 Å². The lowest BCUT2D eigenvalue weighted by molar-refractivity contribution is 0.670. The van der Waals surface area contributed by atoms with Gasteiger partial charge in [0.05, 0.1) is 11.0 Å². The van der Waals surface area contributed by atoms with E-state index in [1.807, 2.05) is 0 Å². The van der Waals surface area contributed by atoms with E-state index < -0.39 is 0 Å². The average molecular weight is 766 g/mol. The first-order valence-electron chi connectivity index (χ1n) is 20.7. The third kappa shape index (κ3) is 5.35. The fourth-order valence-corrected chi connectivity index (χ4v) is 9.78. The van der Waals surface area contributed by atoms with Gasteiger partial charge in [-0.1, -0.05) is 145 Å². The van der Waals surface area contributed by atoms with Gasteiger partial charge in [-0.15, -0.1) is 0 Å². The van der Waals surface area contributed by atoms with Gasteiger partial charge in [0.1, 0.15) is 11.2 Å². The molecule has 0 aliphatic heterocycles. The van der Waals surface area contributed by atoms with E-state index in [1.165, 1.54) is 98.6 Å². The van der Waals surface area contributed by atoms with Crippen molar-refractivity contribution in [2.75, 3.05) is 0 Å². The number of nitrogens with zero attached hydrogens (tertiary/aromatic N) is 1. The van der Waals surface area contributed by atoms with E-state index in [4.69, 9.17) is 4.42 Å². The number of para-hydroxylation sites is 1. The molecule has 0 aliphatic rings. The summed E-state index contributed by atoms with van der Waals surface area (Å²) < 4.78 is 8.95. The van der Waals surface area contributed by atoms with Gasteiger partial charge in [-0.3, -0.25) is 0 Å². The number of benzene rings is 10. The Morgan fingerprint density at radius 1 is 0.333 bits per heavy atom. The van der Waals surface area contributed by atoms with Crippen molar-refractivity contribution in [2.24, 2.45) is 0 Å². The molecule has 12 aromatic rings. The highest BCUT2D eigenvalue weighted by atomic mass is 16.3. The highest BCUT2D eigenvalue weighted by Gasteiger charge is 2.19. The van der Waals surface area contributed by atoms with E-state index in [1.54, 1.807) is 0 Å². The maximum atomic E-state index is 6.53. The quantitative estimate of drug-likeness (QED) is 0.160. The van der Waals surface area contributed by atoms with Crippen molar-refractivity contribution in [3.8, 4) is 50.2 Å². The molecular formula is C58H39NO. The number of hydrogen-bond donors (Lipinski definition) is 0. The Bertz CT molecular complexity index is 3600. The summed E-state index contributed by atoms with van der Waals surface area (Å²) in [6.07, 6.45) is 0. The molecule has 0 spiro atoms. The van der Waals surface area contributed by atoms with Gasteiger partial charge >= 0.3 is 0 Å². The van der Waals surface area contributed by atoms with E-state index >= 15 is 0 Å². The lowest BCUT2D eigenvalue weighted by Crippen LogP contribution is -1.94. The predicted molar refractivity (Wildman–Crippen MR) is 254 cm³/mol. The van der Waals surface area contributed by atoms with Crippen molar-refractivity contribution in [3.63, 3.8) is 0 Å². The van der Waals surface area contributed by atoms with Crippen LogP contribution in [0.4, 0.5) is 0 Å². The molecule has 0 bridgehead atoms. The highest BCUT2D eigenvalue weighted by Crippen LogP contribution is 2.45. The van der Waals surface area contributed by atoms with Crippen LogP contribution in [0.25, 0.3) is 115 Å². The van der Waals surface area contributed by atoms with Crippen molar-refractivity contribution in [1.29, 1.82) is 0 Å². The summed E-state index contributed by atoms with van der Waals surface area (Å²) in [5.41, 5.74) is 17.5. The van der Waals surface area contributed by atoms with Gasteiger partial charge in [-0.25, -0.2) is 0 Å². The zero-order chi connectivity index (χ0) is 39.9. The maximum Gasteiger partial charge on any atom is 0.143 e. The van der Waals surface area contributed by atoms with E-state index in [-0.39, 0.29) is 0 Å². The molecule has 0 atom stereocenters. The Hall–Kier alpha value is -7.68. The van der Waals surface area contributed by atoms with Crippen molar-refractivity contribution >= 4 is 65.3 Å². The van der Waals surface area contributed by atoms with E-state index in [0.717, 1.165) is 28.0 Å². The monoisotopic (exact) mass is 765 g/mol. The molecule has 0 radical (unpaired) electrons. The Morgan fingerprint density at radius 2 is 0.883 bits per heavy atom. The van der Waals surface area contributed by atoms with Crippen molar-refractivity contribution in [3.05, 3.63) is 211 Å². The molecule has 0 unspecified atom stereocenters. The predicted octanol–water partition coefficient (Wildman–Crippen LogP) is 16.3. The van der Waals surface area contributed by atoms with Crippen LogP contribution in [0, 0.1) is 13.8 Å². The molecule has 2 nitrogen and oxygen atoms in total. The molecule has 0 aliphatic carbocycles. The maximum absolute atomic E-state index is 6.53. The number of furan rings is 1. The summed E-state index contributed by atoms with van der Waals surface area (Å²) in [6, 6.07) is 73.3. The lowest BCUT2D eigenvalue weighted by atomic mass is 9.86. The largest absolute Gasteiger partial charge is 0.455 e. The Balaban J connectivity index is 0.971. The van der Waals surface area contributed by atoms with Gasteiger partial charge < -0.3 is 8.98 Å². The molecule has 10 aromatic carbocycles. The van der Waals surface area contributed by atoms with Gasteiger partial charge in [0, 0.05) is 32.8 Å². The minimum Gasteiger partial charge on any atom is -0.455 e. The summed E-state index contributed by atoms with van der Waals surface area (Å²) in [6.45, 7) is 4.31. The third-order valence-electron chi connectivity index (χ3n) is 12.5. The molecule has 60 heavy (non-hydrogen) atoms. The number of fused-ring (bicyclic) bond motifs is 8. The Morgan fingerprint density at radius 3 is 1.60 bits per heavy atom. The molecule has 0 fully saturated rings. The Kier molecular flexibility index (Phi) is 7.70. The van der Waals surface area contributed by atoms with Crippen LogP contribution in [0.1, 0.15) is 11.1 Å². The molecule has 2 aromatic heterocycles. The molecule has 0 amide bonds. The zero-order valence-electron chi connectivity index (χ0n) is 33.4. The second-order valence-corrected chi connectivity index (χ2v) is 16.2. The molecule has 2 heterocycles. The van der Waals surface area contributed by atoms with Crippen molar-refractivity contribution in [1.82, 2.24) is 4.57 Å². The van der Waals surface area contributed by atoms with Crippen molar-refractivity contribution in [2.45, 2.75) is 13.8 Å². The van der Waals surface area contributed by atoms with Gasteiger partial charge in [-0.05, 0) is 141 Å². The first kappa shape index (κ1) is 34.4. The first-order chi connectivity index (χ1) is 29.6. The molecule has 282 valence electrons. The molecule has 12 rings (SSSR count). The smallest absolute Gasteiger partial charge is 0.143 e. The minimum atomic E-state index is 0.926. The number of hydrogen-bond acceptors (Lipinski definition) is 1. The van der Waals surface area contributed by atoms with Crippen LogP contribution in [0.5, 0.6) is 0 Å². The summed E-state index contributed by atoms with van der Waals surface area (Å²) in [7, 11) is 0. The number of rotatable bonds is 5. The zero-order valence-corrected chi connectivity index (χ0v) is 33.4. The van der Waals surface area contributed by atoms with Crippen LogP contribution in [-0.4, -0.2) is 4.57 Å². The van der Waals surface area contributed by atoms with Crippen LogP contribution >= 0.6 is 0 Å².